The monoisotopic (exact) mass is 288 g/mol. The van der Waals surface area contributed by atoms with Gasteiger partial charge in [0.1, 0.15) is 11.3 Å². The fraction of sp³-hybridized carbons (Fsp3) is 0.214. The Morgan fingerprint density at radius 1 is 1.38 bits per heavy atom. The van der Waals surface area contributed by atoms with E-state index in [1.54, 1.807) is 25.1 Å². The van der Waals surface area contributed by atoms with Crippen LogP contribution in [0.3, 0.4) is 0 Å². The highest BCUT2D eigenvalue weighted by Gasteiger charge is 2.22. The van der Waals surface area contributed by atoms with Gasteiger partial charge < -0.3 is 20.9 Å². The lowest BCUT2D eigenvalue weighted by Gasteiger charge is -2.21. The standard InChI is InChI=1S/C14H16N4O3/c1-9-12(6-17-21-9)14(20)18(8-13(16)19)7-10-3-2-4-11(15)5-10/h2-6H,7-8,15H2,1H3,(H2,16,19). The van der Waals surface area contributed by atoms with Crippen LogP contribution in [0.4, 0.5) is 5.69 Å². The molecule has 2 amide bonds. The predicted octanol–water partition coefficient (Wildman–Crippen LogP) is 0.693. The van der Waals surface area contributed by atoms with Crippen molar-refractivity contribution in [3.05, 3.63) is 47.3 Å². The Kier molecular flexibility index (Phi) is 4.22. The molecule has 0 radical (unpaired) electrons. The quantitative estimate of drug-likeness (QED) is 0.785. The number of aromatic nitrogens is 1. The molecule has 7 heteroatoms. The van der Waals surface area contributed by atoms with E-state index in [0.717, 1.165) is 5.56 Å². The molecule has 0 saturated carbocycles. The molecule has 2 rings (SSSR count). The highest BCUT2D eigenvalue weighted by atomic mass is 16.5. The number of hydrogen-bond donors (Lipinski definition) is 2. The van der Waals surface area contributed by atoms with Gasteiger partial charge in [0.25, 0.3) is 5.91 Å². The average Bonchev–Trinajstić information content (AvgIpc) is 2.83. The lowest BCUT2D eigenvalue weighted by molar-refractivity contribution is -0.118. The van der Waals surface area contributed by atoms with Crippen LogP contribution in [-0.4, -0.2) is 28.4 Å². The normalized spacial score (nSPS) is 10.3. The fourth-order valence-electron chi connectivity index (χ4n) is 1.97. The number of primary amides is 1. The molecule has 1 heterocycles. The predicted molar refractivity (Wildman–Crippen MR) is 76.0 cm³/mol. The summed E-state index contributed by atoms with van der Waals surface area (Å²) in [5.41, 5.74) is 12.6. The topological polar surface area (TPSA) is 115 Å². The van der Waals surface area contributed by atoms with Crippen LogP contribution in [0.2, 0.25) is 0 Å². The van der Waals surface area contributed by atoms with Crippen LogP contribution in [0.25, 0.3) is 0 Å². The number of carbonyl (C=O) groups is 2. The van der Waals surface area contributed by atoms with Crippen molar-refractivity contribution >= 4 is 17.5 Å². The number of anilines is 1. The SMILES string of the molecule is Cc1oncc1C(=O)N(CC(N)=O)Cc1cccc(N)c1. The molecule has 0 saturated heterocycles. The summed E-state index contributed by atoms with van der Waals surface area (Å²) in [4.78, 5) is 25.0. The fourth-order valence-corrected chi connectivity index (χ4v) is 1.97. The average molecular weight is 288 g/mol. The molecule has 4 N–H and O–H groups in total. The third-order valence-electron chi connectivity index (χ3n) is 2.94. The van der Waals surface area contributed by atoms with Crippen LogP contribution in [0.15, 0.2) is 35.0 Å². The first-order valence-corrected chi connectivity index (χ1v) is 6.30. The van der Waals surface area contributed by atoms with Gasteiger partial charge in [0.05, 0.1) is 12.7 Å². The van der Waals surface area contributed by atoms with Crippen molar-refractivity contribution in [2.75, 3.05) is 12.3 Å². The van der Waals surface area contributed by atoms with Crippen molar-refractivity contribution in [3.8, 4) is 0 Å². The number of carbonyl (C=O) groups excluding carboxylic acids is 2. The molecular weight excluding hydrogens is 272 g/mol. The minimum absolute atomic E-state index is 0.196. The maximum atomic E-state index is 12.4. The van der Waals surface area contributed by atoms with E-state index in [1.165, 1.54) is 11.1 Å². The first-order chi connectivity index (χ1) is 9.97. The van der Waals surface area contributed by atoms with Crippen LogP contribution >= 0.6 is 0 Å². The summed E-state index contributed by atoms with van der Waals surface area (Å²) in [6.45, 7) is 1.65. The third-order valence-corrected chi connectivity index (χ3v) is 2.94. The molecule has 0 atom stereocenters. The minimum atomic E-state index is -0.596. The minimum Gasteiger partial charge on any atom is -0.399 e. The Balaban J connectivity index is 2.24. The van der Waals surface area contributed by atoms with Gasteiger partial charge in [0.15, 0.2) is 0 Å². The second kappa shape index (κ2) is 6.08. The second-order valence-electron chi connectivity index (χ2n) is 4.67. The molecule has 0 fully saturated rings. The Hall–Kier alpha value is -2.83. The number of aryl methyl sites for hydroxylation is 1. The van der Waals surface area contributed by atoms with Crippen LogP contribution in [0.1, 0.15) is 21.7 Å². The van der Waals surface area contributed by atoms with E-state index in [2.05, 4.69) is 5.16 Å². The summed E-state index contributed by atoms with van der Waals surface area (Å²) in [5, 5.41) is 3.57. The third kappa shape index (κ3) is 3.59. The van der Waals surface area contributed by atoms with Gasteiger partial charge >= 0.3 is 0 Å². The number of nitrogens with zero attached hydrogens (tertiary/aromatic N) is 2. The van der Waals surface area contributed by atoms with E-state index in [1.807, 2.05) is 6.07 Å². The van der Waals surface area contributed by atoms with Gasteiger partial charge in [-0.1, -0.05) is 17.3 Å². The first kappa shape index (κ1) is 14.6. The summed E-state index contributed by atoms with van der Waals surface area (Å²) in [6, 6.07) is 7.08. The number of nitrogen functional groups attached to an aromatic ring is 1. The summed E-state index contributed by atoms with van der Waals surface area (Å²) < 4.78 is 4.88. The van der Waals surface area contributed by atoms with Crippen LogP contribution in [0.5, 0.6) is 0 Å². The molecule has 0 aliphatic carbocycles. The van der Waals surface area contributed by atoms with Crippen LogP contribution < -0.4 is 11.5 Å². The van der Waals surface area contributed by atoms with Crippen molar-refractivity contribution in [1.29, 1.82) is 0 Å². The Morgan fingerprint density at radius 3 is 2.71 bits per heavy atom. The van der Waals surface area contributed by atoms with Crippen molar-refractivity contribution in [3.63, 3.8) is 0 Å². The molecule has 0 unspecified atom stereocenters. The summed E-state index contributed by atoms with van der Waals surface area (Å²) in [7, 11) is 0. The van der Waals surface area contributed by atoms with E-state index in [-0.39, 0.29) is 19.0 Å². The van der Waals surface area contributed by atoms with Crippen molar-refractivity contribution < 1.29 is 14.1 Å². The molecule has 7 nitrogen and oxygen atoms in total. The Labute approximate surface area is 121 Å². The summed E-state index contributed by atoms with van der Waals surface area (Å²) in [6.07, 6.45) is 1.32. The zero-order valence-electron chi connectivity index (χ0n) is 11.6. The lowest BCUT2D eigenvalue weighted by atomic mass is 10.1. The highest BCUT2D eigenvalue weighted by Crippen LogP contribution is 2.14. The maximum Gasteiger partial charge on any atom is 0.259 e. The van der Waals surface area contributed by atoms with Crippen LogP contribution in [-0.2, 0) is 11.3 Å². The van der Waals surface area contributed by atoms with Gasteiger partial charge in [-0.2, -0.15) is 0 Å². The van der Waals surface area contributed by atoms with Gasteiger partial charge in [-0.15, -0.1) is 0 Å². The van der Waals surface area contributed by atoms with Crippen molar-refractivity contribution in [2.24, 2.45) is 5.73 Å². The largest absolute Gasteiger partial charge is 0.399 e. The molecule has 21 heavy (non-hydrogen) atoms. The molecule has 1 aromatic carbocycles. The summed E-state index contributed by atoms with van der Waals surface area (Å²) in [5.74, 6) is -0.571. The van der Waals surface area contributed by atoms with Gasteiger partial charge in [-0.3, -0.25) is 9.59 Å². The smallest absolute Gasteiger partial charge is 0.259 e. The zero-order valence-corrected chi connectivity index (χ0v) is 11.6. The Morgan fingerprint density at radius 2 is 2.14 bits per heavy atom. The molecule has 0 aliphatic rings. The second-order valence-corrected chi connectivity index (χ2v) is 4.67. The van der Waals surface area contributed by atoms with Gasteiger partial charge in [0, 0.05) is 12.2 Å². The Bertz CT molecular complexity index is 666. The highest BCUT2D eigenvalue weighted by molar-refractivity contribution is 5.96. The summed E-state index contributed by atoms with van der Waals surface area (Å²) >= 11 is 0. The number of benzene rings is 1. The van der Waals surface area contributed by atoms with Gasteiger partial charge in [-0.05, 0) is 24.6 Å². The number of rotatable bonds is 5. The number of hydrogen-bond acceptors (Lipinski definition) is 5. The van der Waals surface area contributed by atoms with Crippen LogP contribution in [0, 0.1) is 6.92 Å². The van der Waals surface area contributed by atoms with E-state index >= 15 is 0 Å². The van der Waals surface area contributed by atoms with E-state index < -0.39 is 5.91 Å². The van der Waals surface area contributed by atoms with E-state index in [9.17, 15) is 9.59 Å². The first-order valence-electron chi connectivity index (χ1n) is 6.30. The number of amides is 2. The molecular formula is C14H16N4O3. The van der Waals surface area contributed by atoms with Crippen molar-refractivity contribution in [1.82, 2.24) is 10.1 Å². The number of nitrogens with two attached hydrogens (primary N) is 2. The molecule has 0 spiro atoms. The molecule has 1 aromatic heterocycles. The van der Waals surface area contributed by atoms with Gasteiger partial charge in [-0.25, -0.2) is 0 Å². The lowest BCUT2D eigenvalue weighted by Crippen LogP contribution is -2.38. The molecule has 2 aromatic rings. The zero-order chi connectivity index (χ0) is 15.4. The molecule has 110 valence electrons. The molecule has 0 aliphatic heterocycles. The van der Waals surface area contributed by atoms with E-state index in [0.29, 0.717) is 17.0 Å². The van der Waals surface area contributed by atoms with Crippen molar-refractivity contribution in [2.45, 2.75) is 13.5 Å². The van der Waals surface area contributed by atoms with E-state index in [4.69, 9.17) is 16.0 Å². The maximum absolute atomic E-state index is 12.4. The van der Waals surface area contributed by atoms with Gasteiger partial charge in [0.2, 0.25) is 5.91 Å². The molecule has 0 bridgehead atoms.